The Morgan fingerprint density at radius 2 is 1.94 bits per heavy atom. The van der Waals surface area contributed by atoms with Crippen LogP contribution in [0.2, 0.25) is 0 Å². The van der Waals surface area contributed by atoms with Crippen LogP contribution in [0.1, 0.15) is 32.6 Å². The number of halogens is 1. The van der Waals surface area contributed by atoms with Crippen LogP contribution < -0.4 is 15.5 Å². The van der Waals surface area contributed by atoms with Gasteiger partial charge in [0.2, 0.25) is 0 Å². The molecule has 6 rings (SSSR count). The van der Waals surface area contributed by atoms with Crippen LogP contribution in [0.5, 0.6) is 0 Å². The molecule has 2 fully saturated rings. The highest BCUT2D eigenvalue weighted by molar-refractivity contribution is 6.14. The number of benzene rings is 1. The summed E-state index contributed by atoms with van der Waals surface area (Å²) in [6.45, 7) is 4.38. The van der Waals surface area contributed by atoms with E-state index in [1.165, 1.54) is 12.8 Å². The Labute approximate surface area is 189 Å². The molecule has 0 bridgehead atoms. The van der Waals surface area contributed by atoms with Crippen molar-refractivity contribution in [1.29, 1.82) is 0 Å². The van der Waals surface area contributed by atoms with Crippen LogP contribution in [0, 0.1) is 11.2 Å². The number of hydrogen-bond acceptors (Lipinski definition) is 5. The van der Waals surface area contributed by atoms with E-state index in [-0.39, 0.29) is 11.2 Å². The first-order chi connectivity index (χ1) is 16.1. The molecule has 6 heteroatoms. The number of allylic oxidation sites excluding steroid dienone is 2. The zero-order valence-corrected chi connectivity index (χ0v) is 18.1. The monoisotopic (exact) mass is 430 g/mol. The first kappa shape index (κ1) is 18.6. The van der Waals surface area contributed by atoms with Gasteiger partial charge < -0.3 is 15.5 Å². The highest BCUT2D eigenvalue weighted by Crippen LogP contribution is 2.45. The van der Waals surface area contributed by atoms with Gasteiger partial charge in [-0.3, -0.25) is 9.98 Å². The quantitative estimate of drug-likeness (QED) is 0.769. The van der Waals surface area contributed by atoms with Crippen molar-refractivity contribution in [1.82, 2.24) is 15.6 Å². The second-order valence-electron chi connectivity index (χ2n) is 9.20. The van der Waals surface area contributed by atoms with Gasteiger partial charge in [-0.05, 0) is 49.2 Å². The van der Waals surface area contributed by atoms with Gasteiger partial charge in [-0.15, -0.1) is 0 Å². The maximum absolute atomic E-state index is 15.1. The van der Waals surface area contributed by atoms with Crippen LogP contribution in [0.3, 0.4) is 0 Å². The zero-order valence-electron chi connectivity index (χ0n) is 19.1. The Balaban J connectivity index is 1.32. The summed E-state index contributed by atoms with van der Waals surface area (Å²) in [5.41, 5.74) is 5.75. The van der Waals surface area contributed by atoms with E-state index in [0.29, 0.717) is 17.4 Å². The van der Waals surface area contributed by atoms with Gasteiger partial charge >= 0.3 is 0 Å². The van der Waals surface area contributed by atoms with Crippen molar-refractivity contribution in [2.45, 2.75) is 25.7 Å². The van der Waals surface area contributed by atoms with Crippen molar-refractivity contribution in [2.75, 3.05) is 37.6 Å². The van der Waals surface area contributed by atoms with Crippen LogP contribution in [-0.2, 0) is 0 Å². The van der Waals surface area contributed by atoms with Gasteiger partial charge in [0, 0.05) is 72.9 Å². The molecule has 0 atom stereocenters. The van der Waals surface area contributed by atoms with E-state index in [4.69, 9.17) is 6.36 Å². The minimum atomic E-state index is -0.263. The number of fused-ring (bicyclic) bond motifs is 2. The average Bonchev–Trinajstić information content (AvgIpc) is 3.51. The van der Waals surface area contributed by atoms with Crippen molar-refractivity contribution in [3.05, 3.63) is 65.7 Å². The van der Waals surface area contributed by atoms with E-state index in [9.17, 15) is 0 Å². The maximum atomic E-state index is 15.1. The lowest BCUT2D eigenvalue weighted by Gasteiger charge is -2.33. The molecule has 1 saturated heterocycles. The molecule has 0 amide bonds. The van der Waals surface area contributed by atoms with Crippen LogP contribution in [0.25, 0.3) is 17.0 Å². The Hall–Kier alpha value is -2.99. The predicted octanol–water partition coefficient (Wildman–Crippen LogP) is 4.14. The van der Waals surface area contributed by atoms with Crippen molar-refractivity contribution >= 4 is 17.1 Å². The average molecular weight is 431 g/mol. The normalized spacial score (nSPS) is 22.4. The number of piperazine rings is 1. The molecule has 5 nitrogen and oxygen atoms in total. The molecule has 1 aliphatic carbocycles. The molecule has 1 saturated carbocycles. The van der Waals surface area contributed by atoms with Gasteiger partial charge in [0.25, 0.3) is 0 Å². The molecule has 1 aromatic heterocycles. The lowest BCUT2D eigenvalue weighted by Crippen LogP contribution is -2.43. The number of nitrogens with zero attached hydrogens (tertiary/aromatic N) is 3. The van der Waals surface area contributed by atoms with Crippen molar-refractivity contribution in [3.63, 3.8) is 0 Å². The van der Waals surface area contributed by atoms with Crippen molar-refractivity contribution < 1.29 is 5.76 Å². The molecule has 3 aliphatic heterocycles. The summed E-state index contributed by atoms with van der Waals surface area (Å²) in [6.07, 6.45) is 8.82. The summed E-state index contributed by atoms with van der Waals surface area (Å²) in [5, 5.41) is 6.61. The Bertz CT molecular complexity index is 1190. The molecule has 2 aromatic rings. The lowest BCUT2D eigenvalue weighted by atomic mass is 9.76. The largest absolute Gasteiger partial charge is 0.389 e. The number of rotatable bonds is 3. The Morgan fingerprint density at radius 3 is 2.75 bits per heavy atom. The zero-order chi connectivity index (χ0) is 22.4. The van der Waals surface area contributed by atoms with Gasteiger partial charge in [-0.1, -0.05) is 12.8 Å². The van der Waals surface area contributed by atoms with Crippen molar-refractivity contribution in [2.24, 2.45) is 10.4 Å². The number of aromatic nitrogens is 1. The smallest absolute Gasteiger partial charge is 0.134 e. The molecule has 164 valence electrons. The van der Waals surface area contributed by atoms with E-state index in [1.54, 1.807) is 12.3 Å². The number of pyridine rings is 1. The molecule has 0 unspecified atom stereocenters. The van der Waals surface area contributed by atoms with Gasteiger partial charge in [0.05, 0.1) is 18.5 Å². The topological polar surface area (TPSA) is 52.6 Å². The molecule has 4 aliphatic rings. The minimum absolute atomic E-state index is 0.0416. The molecule has 32 heavy (non-hydrogen) atoms. The molecular weight excluding hydrogens is 401 g/mol. The summed E-state index contributed by atoms with van der Waals surface area (Å²) in [7, 11) is 0. The number of nitrogens with one attached hydrogen (secondary N) is 2. The number of anilines is 1. The van der Waals surface area contributed by atoms with Gasteiger partial charge in [0.1, 0.15) is 5.82 Å². The maximum Gasteiger partial charge on any atom is 0.134 e. The third-order valence-corrected chi connectivity index (χ3v) is 7.25. The summed E-state index contributed by atoms with van der Waals surface area (Å²) in [6, 6.07) is 9.26. The third-order valence-electron chi connectivity index (χ3n) is 7.25. The minimum Gasteiger partial charge on any atom is -0.389 e. The highest BCUT2D eigenvalue weighted by Gasteiger charge is 2.43. The predicted molar refractivity (Wildman–Crippen MR) is 127 cm³/mol. The lowest BCUT2D eigenvalue weighted by molar-refractivity contribution is 0.415. The molecular formula is C26H28FN5. The fourth-order valence-corrected chi connectivity index (χ4v) is 5.49. The van der Waals surface area contributed by atoms with E-state index in [0.717, 1.165) is 73.8 Å². The Morgan fingerprint density at radius 1 is 1.09 bits per heavy atom. The first-order valence-electron chi connectivity index (χ1n) is 12.1. The second-order valence-corrected chi connectivity index (χ2v) is 9.20. The fourth-order valence-electron chi connectivity index (χ4n) is 5.49. The highest BCUT2D eigenvalue weighted by atomic mass is 19.1. The molecule has 4 heterocycles. The van der Waals surface area contributed by atoms with Crippen LogP contribution >= 0.6 is 0 Å². The molecule has 0 radical (unpaired) electrons. The van der Waals surface area contributed by atoms with Crippen molar-refractivity contribution in [3.8, 4) is 11.3 Å². The van der Waals surface area contributed by atoms with E-state index in [2.05, 4.69) is 20.5 Å². The number of hydrogen-bond donors (Lipinski definition) is 2. The standard InChI is InChI=1S/C26H28FN5/c27-22-15-20(32-11-9-28-10-12-32)3-4-21(22)24-13-18(5-8-30-24)23-14-19-16-29-17-26(25(19)31-23)6-1-2-7-26/h3-5,8,13-16,28-29H,1-2,6-7,9-12,17H2/i16D. The van der Waals surface area contributed by atoms with Gasteiger partial charge in [-0.25, -0.2) is 4.39 Å². The molecule has 2 N–H and O–H groups in total. The summed E-state index contributed by atoms with van der Waals surface area (Å²) in [5.74, 6) is -0.263. The number of aliphatic imine (C=N–C) groups is 1. The van der Waals surface area contributed by atoms with E-state index >= 15 is 4.39 Å². The molecule has 1 spiro atoms. The SMILES string of the molecule is [2H]C1=C2C=C(c3ccnc(-c4ccc(N5CCNCC5)cc4F)c3)N=C2C2(CCCC2)CN1. The van der Waals surface area contributed by atoms with E-state index < -0.39 is 0 Å². The van der Waals surface area contributed by atoms with Gasteiger partial charge in [-0.2, -0.15) is 0 Å². The summed E-state index contributed by atoms with van der Waals surface area (Å²) in [4.78, 5) is 11.7. The summed E-state index contributed by atoms with van der Waals surface area (Å²) >= 11 is 0. The van der Waals surface area contributed by atoms with E-state index in [1.807, 2.05) is 30.3 Å². The van der Waals surface area contributed by atoms with Crippen LogP contribution in [-0.4, -0.2) is 43.4 Å². The van der Waals surface area contributed by atoms with Crippen LogP contribution in [0.4, 0.5) is 10.1 Å². The van der Waals surface area contributed by atoms with Crippen LogP contribution in [0.15, 0.2) is 59.3 Å². The molecule has 1 aromatic carbocycles. The fraction of sp³-hybridized carbons (Fsp3) is 0.385. The van der Waals surface area contributed by atoms with Gasteiger partial charge in [0.15, 0.2) is 0 Å². The first-order valence-corrected chi connectivity index (χ1v) is 11.6. The third kappa shape index (κ3) is 3.34. The summed E-state index contributed by atoms with van der Waals surface area (Å²) < 4.78 is 23.5. The Kier molecular flexibility index (Phi) is 4.56. The second kappa shape index (κ2) is 7.85.